The molecule has 0 saturated carbocycles. The molecule has 0 amide bonds. The summed E-state index contributed by atoms with van der Waals surface area (Å²) < 4.78 is 0. The van der Waals surface area contributed by atoms with Gasteiger partial charge in [-0.2, -0.15) is 0 Å². The van der Waals surface area contributed by atoms with E-state index in [9.17, 15) is 0 Å². The maximum Gasteiger partial charge on any atom is 0.135 e. The molecule has 1 aliphatic carbocycles. The molecular weight excluding hydrogens is 234 g/mol. The van der Waals surface area contributed by atoms with E-state index in [1.54, 1.807) is 6.33 Å². The van der Waals surface area contributed by atoms with Crippen molar-refractivity contribution in [2.75, 3.05) is 23.9 Å². The molecule has 1 aromatic rings. The second-order valence-electron chi connectivity index (χ2n) is 4.45. The fourth-order valence-electron chi connectivity index (χ4n) is 2.47. The Balaban J connectivity index is 2.32. The molecule has 94 valence electrons. The van der Waals surface area contributed by atoms with E-state index in [1.807, 2.05) is 0 Å². The molecule has 1 heterocycles. The summed E-state index contributed by atoms with van der Waals surface area (Å²) in [6.45, 7) is 3.97. The van der Waals surface area contributed by atoms with Gasteiger partial charge < -0.3 is 4.90 Å². The number of aryl methyl sites for hydroxylation is 1. The van der Waals surface area contributed by atoms with Gasteiger partial charge in [0, 0.05) is 30.2 Å². The molecule has 2 rings (SSSR count). The van der Waals surface area contributed by atoms with E-state index < -0.39 is 0 Å². The molecule has 0 aliphatic heterocycles. The lowest BCUT2D eigenvalue weighted by atomic mass is 10.1. The quantitative estimate of drug-likeness (QED) is 0.610. The summed E-state index contributed by atoms with van der Waals surface area (Å²) in [4.78, 5) is 11.2. The molecule has 3 nitrogen and oxygen atoms in total. The summed E-state index contributed by atoms with van der Waals surface area (Å²) in [5.41, 5.74) is 2.61. The number of halogens is 1. The second kappa shape index (κ2) is 6.20. The van der Waals surface area contributed by atoms with E-state index in [1.165, 1.54) is 30.5 Å². The van der Waals surface area contributed by atoms with Crippen LogP contribution in [0.15, 0.2) is 6.33 Å². The third-order valence-electron chi connectivity index (χ3n) is 3.39. The van der Waals surface area contributed by atoms with Crippen LogP contribution in [-0.2, 0) is 12.8 Å². The molecule has 0 N–H and O–H groups in total. The second-order valence-corrected chi connectivity index (χ2v) is 4.83. The van der Waals surface area contributed by atoms with Crippen molar-refractivity contribution in [1.82, 2.24) is 9.97 Å². The van der Waals surface area contributed by atoms with Crippen molar-refractivity contribution in [2.45, 2.75) is 39.0 Å². The van der Waals surface area contributed by atoms with Crippen LogP contribution in [0, 0.1) is 0 Å². The van der Waals surface area contributed by atoms with E-state index in [2.05, 4.69) is 21.8 Å². The monoisotopic (exact) mass is 253 g/mol. The molecule has 1 aliphatic rings. The van der Waals surface area contributed by atoms with Crippen LogP contribution in [0.2, 0.25) is 0 Å². The van der Waals surface area contributed by atoms with Gasteiger partial charge in [-0.05, 0) is 32.6 Å². The molecule has 0 fully saturated rings. The van der Waals surface area contributed by atoms with Gasteiger partial charge in [0.2, 0.25) is 0 Å². The number of anilines is 1. The van der Waals surface area contributed by atoms with E-state index in [0.717, 1.165) is 31.7 Å². The maximum absolute atomic E-state index is 5.86. The van der Waals surface area contributed by atoms with Gasteiger partial charge in [-0.15, -0.1) is 11.6 Å². The molecule has 4 heteroatoms. The van der Waals surface area contributed by atoms with Crippen molar-refractivity contribution in [3.05, 3.63) is 17.6 Å². The average Bonchev–Trinajstić information content (AvgIpc) is 2.60. The number of rotatable bonds is 4. The number of alkyl halides is 1. The number of nitrogens with zero attached hydrogens (tertiary/aromatic N) is 3. The van der Waals surface area contributed by atoms with Gasteiger partial charge in [0.05, 0.1) is 0 Å². The number of fused-ring (bicyclic) bond motifs is 1. The highest BCUT2D eigenvalue weighted by Gasteiger charge is 2.17. The predicted octanol–water partition coefficient (Wildman–Crippen LogP) is 2.81. The molecule has 0 spiro atoms. The van der Waals surface area contributed by atoms with Crippen LogP contribution in [-0.4, -0.2) is 28.9 Å². The molecule has 0 saturated heterocycles. The van der Waals surface area contributed by atoms with Crippen LogP contribution in [0.5, 0.6) is 0 Å². The molecule has 1 aromatic heterocycles. The molecule has 17 heavy (non-hydrogen) atoms. The van der Waals surface area contributed by atoms with Crippen molar-refractivity contribution in [2.24, 2.45) is 0 Å². The molecule has 0 atom stereocenters. The summed E-state index contributed by atoms with van der Waals surface area (Å²) in [5.74, 6) is 1.76. The van der Waals surface area contributed by atoms with Gasteiger partial charge in [-0.3, -0.25) is 0 Å². The Bertz CT molecular complexity index is 368. The van der Waals surface area contributed by atoms with Gasteiger partial charge in [-0.25, -0.2) is 9.97 Å². The molecule has 0 unspecified atom stereocenters. The van der Waals surface area contributed by atoms with E-state index in [0.29, 0.717) is 5.88 Å². The van der Waals surface area contributed by atoms with Crippen molar-refractivity contribution in [3.63, 3.8) is 0 Å². The van der Waals surface area contributed by atoms with Gasteiger partial charge in [0.25, 0.3) is 0 Å². The number of aromatic nitrogens is 2. The highest BCUT2D eigenvalue weighted by molar-refractivity contribution is 6.18. The topological polar surface area (TPSA) is 29.0 Å². The van der Waals surface area contributed by atoms with Crippen LogP contribution in [0.1, 0.15) is 37.4 Å². The van der Waals surface area contributed by atoms with Crippen molar-refractivity contribution in [1.29, 1.82) is 0 Å². The lowest BCUT2D eigenvalue weighted by Crippen LogP contribution is -2.27. The SMILES string of the molecule is CCN(CCCl)c1ncnc2c1CCCCC2. The van der Waals surface area contributed by atoms with Gasteiger partial charge in [0.15, 0.2) is 0 Å². The Kier molecular flexibility index (Phi) is 4.60. The lowest BCUT2D eigenvalue weighted by Gasteiger charge is -2.24. The first-order valence-electron chi connectivity index (χ1n) is 6.50. The third kappa shape index (κ3) is 2.89. The van der Waals surface area contributed by atoms with Crippen molar-refractivity contribution >= 4 is 17.4 Å². The van der Waals surface area contributed by atoms with Crippen LogP contribution in [0.3, 0.4) is 0 Å². The number of hydrogen-bond acceptors (Lipinski definition) is 3. The van der Waals surface area contributed by atoms with Gasteiger partial charge >= 0.3 is 0 Å². The predicted molar refractivity (Wildman–Crippen MR) is 71.9 cm³/mol. The summed E-state index contributed by atoms with van der Waals surface area (Å²) >= 11 is 5.86. The van der Waals surface area contributed by atoms with Crippen molar-refractivity contribution < 1.29 is 0 Å². The fraction of sp³-hybridized carbons (Fsp3) is 0.692. The molecule has 0 aromatic carbocycles. The summed E-state index contributed by atoms with van der Waals surface area (Å²) in [7, 11) is 0. The molecule has 0 bridgehead atoms. The Hall–Kier alpha value is -0.830. The Morgan fingerprint density at radius 3 is 2.82 bits per heavy atom. The summed E-state index contributed by atoms with van der Waals surface area (Å²) in [6.07, 6.45) is 7.73. The summed E-state index contributed by atoms with van der Waals surface area (Å²) in [6, 6.07) is 0. The highest BCUT2D eigenvalue weighted by Crippen LogP contribution is 2.26. The van der Waals surface area contributed by atoms with Gasteiger partial charge in [-0.1, -0.05) is 6.42 Å². The Morgan fingerprint density at radius 2 is 2.06 bits per heavy atom. The largest absolute Gasteiger partial charge is 0.355 e. The van der Waals surface area contributed by atoms with Crippen LogP contribution in [0.25, 0.3) is 0 Å². The molecule has 0 radical (unpaired) electrons. The molecular formula is C13H20ClN3. The zero-order valence-corrected chi connectivity index (χ0v) is 11.2. The van der Waals surface area contributed by atoms with Crippen LogP contribution in [0.4, 0.5) is 5.82 Å². The first-order valence-corrected chi connectivity index (χ1v) is 7.04. The third-order valence-corrected chi connectivity index (χ3v) is 3.56. The minimum absolute atomic E-state index is 0.645. The minimum Gasteiger partial charge on any atom is -0.355 e. The van der Waals surface area contributed by atoms with Gasteiger partial charge in [0.1, 0.15) is 12.1 Å². The average molecular weight is 254 g/mol. The van der Waals surface area contributed by atoms with E-state index in [4.69, 9.17) is 11.6 Å². The lowest BCUT2D eigenvalue weighted by molar-refractivity contribution is 0.708. The Morgan fingerprint density at radius 1 is 1.24 bits per heavy atom. The minimum atomic E-state index is 0.645. The first-order chi connectivity index (χ1) is 8.36. The fourth-order valence-corrected chi connectivity index (χ4v) is 2.67. The normalized spacial score (nSPS) is 15.2. The zero-order valence-electron chi connectivity index (χ0n) is 10.5. The van der Waals surface area contributed by atoms with E-state index in [-0.39, 0.29) is 0 Å². The highest BCUT2D eigenvalue weighted by atomic mass is 35.5. The van der Waals surface area contributed by atoms with Crippen molar-refractivity contribution in [3.8, 4) is 0 Å². The first kappa shape index (κ1) is 12.6. The van der Waals surface area contributed by atoms with Crippen LogP contribution >= 0.6 is 11.6 Å². The summed E-state index contributed by atoms with van der Waals surface area (Å²) in [5, 5.41) is 0. The smallest absolute Gasteiger partial charge is 0.135 e. The van der Waals surface area contributed by atoms with E-state index >= 15 is 0 Å². The standard InChI is InChI=1S/C13H20ClN3/c1-2-17(9-8-14)13-11-6-4-3-5-7-12(11)15-10-16-13/h10H,2-9H2,1H3. The zero-order chi connectivity index (χ0) is 12.1. The number of hydrogen-bond donors (Lipinski definition) is 0. The van der Waals surface area contributed by atoms with Crippen LogP contribution < -0.4 is 4.90 Å². The maximum atomic E-state index is 5.86. The Labute approximate surface area is 108 Å².